The average Bonchev–Trinajstić information content (AvgIpc) is 2.74. The zero-order chi connectivity index (χ0) is 20.4. The molecule has 0 saturated carbocycles. The van der Waals surface area contributed by atoms with E-state index in [9.17, 15) is 13.2 Å². The standard InChI is InChI=1S/C23H22N2O3S/c1-17-7-11-22(12-8-17)29(27,28)25-14-13-18-9-10-21(15-20(18)16-25)24-23(26)19-5-3-2-4-6-19/h2-12,15H,13-14,16H2,1H3,(H,24,26). The Bertz CT molecular complexity index is 1140. The van der Waals surface area contributed by atoms with Crippen LogP contribution in [0.15, 0.2) is 77.7 Å². The van der Waals surface area contributed by atoms with Crippen molar-refractivity contribution >= 4 is 21.6 Å². The van der Waals surface area contributed by atoms with E-state index in [0.29, 0.717) is 35.7 Å². The molecule has 1 heterocycles. The Morgan fingerprint density at radius 2 is 1.66 bits per heavy atom. The number of nitrogens with zero attached hydrogens (tertiary/aromatic N) is 1. The largest absolute Gasteiger partial charge is 0.322 e. The Hall–Kier alpha value is -2.96. The highest BCUT2D eigenvalue weighted by Gasteiger charge is 2.28. The third-order valence-electron chi connectivity index (χ3n) is 5.14. The molecule has 4 rings (SSSR count). The molecule has 3 aromatic rings. The van der Waals surface area contributed by atoms with E-state index in [4.69, 9.17) is 0 Å². The van der Waals surface area contributed by atoms with Crippen LogP contribution in [-0.2, 0) is 23.0 Å². The van der Waals surface area contributed by atoms with Crippen LogP contribution in [0.3, 0.4) is 0 Å². The Morgan fingerprint density at radius 1 is 0.931 bits per heavy atom. The Balaban J connectivity index is 1.55. The van der Waals surface area contributed by atoms with Gasteiger partial charge in [0.1, 0.15) is 0 Å². The molecule has 5 nitrogen and oxygen atoms in total. The molecule has 0 fully saturated rings. The van der Waals surface area contributed by atoms with E-state index < -0.39 is 10.0 Å². The number of hydrogen-bond acceptors (Lipinski definition) is 3. The molecule has 29 heavy (non-hydrogen) atoms. The van der Waals surface area contributed by atoms with Gasteiger partial charge in [0.05, 0.1) is 4.90 Å². The van der Waals surface area contributed by atoms with E-state index in [1.165, 1.54) is 4.31 Å². The van der Waals surface area contributed by atoms with Gasteiger partial charge >= 0.3 is 0 Å². The van der Waals surface area contributed by atoms with Crippen molar-refractivity contribution in [1.29, 1.82) is 0 Å². The second-order valence-electron chi connectivity index (χ2n) is 7.21. The smallest absolute Gasteiger partial charge is 0.255 e. The maximum absolute atomic E-state index is 13.0. The first-order valence-corrected chi connectivity index (χ1v) is 10.9. The Morgan fingerprint density at radius 3 is 2.38 bits per heavy atom. The van der Waals surface area contributed by atoms with Gasteiger partial charge in [0, 0.05) is 24.3 Å². The molecule has 0 bridgehead atoms. The number of fused-ring (bicyclic) bond motifs is 1. The van der Waals surface area contributed by atoms with Gasteiger partial charge in [-0.1, -0.05) is 42.0 Å². The minimum Gasteiger partial charge on any atom is -0.322 e. The first-order valence-electron chi connectivity index (χ1n) is 9.48. The molecule has 1 aliphatic heterocycles. The molecule has 0 aromatic heterocycles. The summed E-state index contributed by atoms with van der Waals surface area (Å²) in [6.07, 6.45) is 0.646. The van der Waals surface area contributed by atoms with Gasteiger partial charge in [-0.3, -0.25) is 4.79 Å². The summed E-state index contributed by atoms with van der Waals surface area (Å²) in [5, 5.41) is 2.89. The van der Waals surface area contributed by atoms with Gasteiger partial charge in [-0.2, -0.15) is 4.31 Å². The Labute approximate surface area is 171 Å². The number of carbonyl (C=O) groups excluding carboxylic acids is 1. The van der Waals surface area contributed by atoms with E-state index in [-0.39, 0.29) is 5.91 Å². The topological polar surface area (TPSA) is 66.5 Å². The molecule has 148 valence electrons. The maximum Gasteiger partial charge on any atom is 0.255 e. The van der Waals surface area contributed by atoms with Gasteiger partial charge in [0.15, 0.2) is 0 Å². The lowest BCUT2D eigenvalue weighted by Crippen LogP contribution is -2.36. The van der Waals surface area contributed by atoms with Crippen LogP contribution in [0.2, 0.25) is 0 Å². The van der Waals surface area contributed by atoms with Gasteiger partial charge in [-0.05, 0) is 60.9 Å². The van der Waals surface area contributed by atoms with Gasteiger partial charge in [0.25, 0.3) is 5.91 Å². The van der Waals surface area contributed by atoms with Crippen LogP contribution in [0.1, 0.15) is 27.0 Å². The van der Waals surface area contributed by atoms with Crippen molar-refractivity contribution in [3.05, 3.63) is 95.1 Å². The zero-order valence-corrected chi connectivity index (χ0v) is 16.9. The summed E-state index contributed by atoms with van der Waals surface area (Å²) in [6.45, 7) is 2.67. The van der Waals surface area contributed by atoms with Crippen LogP contribution in [0.25, 0.3) is 0 Å². The third-order valence-corrected chi connectivity index (χ3v) is 7.00. The molecule has 1 aliphatic rings. The fourth-order valence-corrected chi connectivity index (χ4v) is 4.89. The summed E-state index contributed by atoms with van der Waals surface area (Å²) < 4.78 is 27.5. The number of aryl methyl sites for hydroxylation is 1. The molecule has 1 N–H and O–H groups in total. The number of benzene rings is 3. The molecule has 0 saturated heterocycles. The molecule has 0 atom stereocenters. The lowest BCUT2D eigenvalue weighted by Gasteiger charge is -2.28. The van der Waals surface area contributed by atoms with Crippen molar-refractivity contribution < 1.29 is 13.2 Å². The van der Waals surface area contributed by atoms with Gasteiger partial charge in [0.2, 0.25) is 10.0 Å². The summed E-state index contributed by atoms with van der Waals surface area (Å²) in [4.78, 5) is 12.7. The van der Waals surface area contributed by atoms with E-state index in [0.717, 1.165) is 16.7 Å². The normalized spacial score (nSPS) is 14.2. The molecule has 1 amide bonds. The fourth-order valence-electron chi connectivity index (χ4n) is 3.47. The SMILES string of the molecule is Cc1ccc(S(=O)(=O)N2CCc3ccc(NC(=O)c4ccccc4)cc3C2)cc1. The third kappa shape index (κ3) is 4.09. The summed E-state index contributed by atoms with van der Waals surface area (Å²) >= 11 is 0. The number of carbonyl (C=O) groups is 1. The van der Waals surface area contributed by atoms with Crippen LogP contribution >= 0.6 is 0 Å². The van der Waals surface area contributed by atoms with E-state index in [1.807, 2.05) is 55.5 Å². The second kappa shape index (κ2) is 7.81. The summed E-state index contributed by atoms with van der Waals surface area (Å²) in [5.74, 6) is -0.189. The van der Waals surface area contributed by atoms with Crippen molar-refractivity contribution in [2.75, 3.05) is 11.9 Å². The minimum absolute atomic E-state index is 0.189. The van der Waals surface area contributed by atoms with Gasteiger partial charge < -0.3 is 5.32 Å². The van der Waals surface area contributed by atoms with Crippen LogP contribution in [0, 0.1) is 6.92 Å². The first-order chi connectivity index (χ1) is 13.9. The predicted molar refractivity (Wildman–Crippen MR) is 113 cm³/mol. The second-order valence-corrected chi connectivity index (χ2v) is 9.14. The lowest BCUT2D eigenvalue weighted by atomic mass is 10.0. The number of anilines is 1. The van der Waals surface area contributed by atoms with Crippen LogP contribution in [-0.4, -0.2) is 25.2 Å². The molecule has 3 aromatic carbocycles. The number of sulfonamides is 1. The molecule has 6 heteroatoms. The van der Waals surface area contributed by atoms with E-state index >= 15 is 0 Å². The fraction of sp³-hybridized carbons (Fsp3) is 0.174. The van der Waals surface area contributed by atoms with Crippen LogP contribution in [0.5, 0.6) is 0 Å². The summed E-state index contributed by atoms with van der Waals surface area (Å²) in [7, 11) is -3.55. The number of nitrogens with one attached hydrogen (secondary N) is 1. The van der Waals surface area contributed by atoms with Crippen molar-refractivity contribution in [2.45, 2.75) is 24.8 Å². The zero-order valence-electron chi connectivity index (χ0n) is 16.1. The van der Waals surface area contributed by atoms with E-state index in [1.54, 1.807) is 24.3 Å². The monoisotopic (exact) mass is 406 g/mol. The molecular weight excluding hydrogens is 384 g/mol. The average molecular weight is 407 g/mol. The lowest BCUT2D eigenvalue weighted by molar-refractivity contribution is 0.102. The Kier molecular flexibility index (Phi) is 5.22. The highest BCUT2D eigenvalue weighted by atomic mass is 32.2. The number of hydrogen-bond donors (Lipinski definition) is 1. The van der Waals surface area contributed by atoms with Crippen molar-refractivity contribution in [1.82, 2.24) is 4.31 Å². The van der Waals surface area contributed by atoms with Crippen molar-refractivity contribution in [3.63, 3.8) is 0 Å². The summed E-state index contributed by atoms with van der Waals surface area (Å²) in [5.41, 5.74) is 4.28. The van der Waals surface area contributed by atoms with Crippen molar-refractivity contribution in [2.24, 2.45) is 0 Å². The van der Waals surface area contributed by atoms with Crippen LogP contribution in [0.4, 0.5) is 5.69 Å². The molecular formula is C23H22N2O3S. The quantitative estimate of drug-likeness (QED) is 0.712. The molecule has 0 aliphatic carbocycles. The molecule has 0 spiro atoms. The molecule has 0 unspecified atom stereocenters. The van der Waals surface area contributed by atoms with Gasteiger partial charge in [-0.15, -0.1) is 0 Å². The number of rotatable bonds is 4. The molecule has 0 radical (unpaired) electrons. The summed E-state index contributed by atoms with van der Waals surface area (Å²) in [6, 6.07) is 21.6. The minimum atomic E-state index is -3.55. The predicted octanol–water partition coefficient (Wildman–Crippen LogP) is 3.99. The van der Waals surface area contributed by atoms with Gasteiger partial charge in [-0.25, -0.2) is 8.42 Å². The highest BCUT2D eigenvalue weighted by molar-refractivity contribution is 7.89. The first kappa shape index (κ1) is 19.4. The highest BCUT2D eigenvalue weighted by Crippen LogP contribution is 2.27. The maximum atomic E-state index is 13.0. The van der Waals surface area contributed by atoms with Crippen LogP contribution < -0.4 is 5.32 Å². The van der Waals surface area contributed by atoms with E-state index in [2.05, 4.69) is 5.32 Å². The van der Waals surface area contributed by atoms with Crippen molar-refractivity contribution in [3.8, 4) is 0 Å². The number of amides is 1.